The number of anilines is 1. The molecule has 1 atom stereocenters. The fourth-order valence-corrected chi connectivity index (χ4v) is 4.29. The standard InChI is InChI=1S/C22H17BrF4N4O2/c1-10-14(8-20(33)29-12-3-5-18-16(7-12)21(23)31-30-18)15(9-19(32)28-10)13-4-2-11(6-17(13)24)22(25,26)27/h2-7,15H,8-9H2,1H3,(H,28,32)(H,29,33)(H,30,31). The summed E-state index contributed by atoms with van der Waals surface area (Å²) in [4.78, 5) is 24.9. The van der Waals surface area contributed by atoms with Crippen LogP contribution in [0.25, 0.3) is 10.9 Å². The molecule has 3 aromatic rings. The molecule has 3 N–H and O–H groups in total. The smallest absolute Gasteiger partial charge is 0.330 e. The van der Waals surface area contributed by atoms with Crippen LogP contribution in [0.15, 0.2) is 52.3 Å². The van der Waals surface area contributed by atoms with Gasteiger partial charge < -0.3 is 10.6 Å². The van der Waals surface area contributed by atoms with Crippen LogP contribution < -0.4 is 10.6 Å². The van der Waals surface area contributed by atoms with Gasteiger partial charge in [0.25, 0.3) is 0 Å². The highest BCUT2D eigenvalue weighted by molar-refractivity contribution is 9.10. The van der Waals surface area contributed by atoms with E-state index >= 15 is 0 Å². The number of nitrogens with zero attached hydrogens (tertiary/aromatic N) is 1. The molecule has 6 nitrogen and oxygen atoms in total. The van der Waals surface area contributed by atoms with Crippen molar-refractivity contribution in [2.24, 2.45) is 0 Å². The van der Waals surface area contributed by atoms with Crippen molar-refractivity contribution in [1.82, 2.24) is 15.5 Å². The summed E-state index contributed by atoms with van der Waals surface area (Å²) in [7, 11) is 0. The van der Waals surface area contributed by atoms with Crippen molar-refractivity contribution < 1.29 is 27.2 Å². The number of carbonyl (C=O) groups is 2. The third-order valence-corrected chi connectivity index (χ3v) is 6.07. The molecule has 4 rings (SSSR count). The first-order valence-electron chi connectivity index (χ1n) is 9.82. The number of aromatic amines is 1. The van der Waals surface area contributed by atoms with Crippen LogP contribution in [0.3, 0.4) is 0 Å². The number of H-pyrrole nitrogens is 1. The molecule has 172 valence electrons. The van der Waals surface area contributed by atoms with Crippen molar-refractivity contribution in [2.45, 2.75) is 31.9 Å². The summed E-state index contributed by atoms with van der Waals surface area (Å²) in [5.41, 5.74) is 0.819. The maximum atomic E-state index is 14.7. The molecule has 33 heavy (non-hydrogen) atoms. The molecule has 2 heterocycles. The van der Waals surface area contributed by atoms with Gasteiger partial charge in [-0.3, -0.25) is 14.7 Å². The number of halogens is 5. The largest absolute Gasteiger partial charge is 0.416 e. The van der Waals surface area contributed by atoms with Crippen LogP contribution in [0.1, 0.15) is 36.8 Å². The third kappa shape index (κ3) is 4.77. The Kier molecular flexibility index (Phi) is 6.00. The topological polar surface area (TPSA) is 86.9 Å². The van der Waals surface area contributed by atoms with Crippen LogP contribution in [0.5, 0.6) is 0 Å². The van der Waals surface area contributed by atoms with Gasteiger partial charge in [-0.25, -0.2) is 4.39 Å². The molecule has 0 saturated heterocycles. The van der Waals surface area contributed by atoms with Gasteiger partial charge >= 0.3 is 6.18 Å². The van der Waals surface area contributed by atoms with E-state index in [1.54, 1.807) is 25.1 Å². The number of carbonyl (C=O) groups excluding carboxylic acids is 2. The number of hydrogen-bond donors (Lipinski definition) is 3. The van der Waals surface area contributed by atoms with Gasteiger partial charge in [0.15, 0.2) is 0 Å². The monoisotopic (exact) mass is 524 g/mol. The van der Waals surface area contributed by atoms with Crippen LogP contribution >= 0.6 is 15.9 Å². The third-order valence-electron chi connectivity index (χ3n) is 5.46. The second kappa shape index (κ2) is 8.62. The van der Waals surface area contributed by atoms with Gasteiger partial charge in [0, 0.05) is 29.1 Å². The molecule has 0 spiro atoms. The van der Waals surface area contributed by atoms with Crippen LogP contribution in [-0.2, 0) is 15.8 Å². The molecule has 1 aliphatic heterocycles. The molecule has 11 heteroatoms. The SMILES string of the molecule is CC1=C(CC(=O)Nc2ccc3n[nH]c(Br)c3c2)C(c2ccc(C(F)(F)F)cc2F)CC(=O)N1. The van der Waals surface area contributed by atoms with E-state index in [1.165, 1.54) is 0 Å². The molecule has 0 radical (unpaired) electrons. The highest BCUT2D eigenvalue weighted by atomic mass is 79.9. The number of amides is 2. The summed E-state index contributed by atoms with van der Waals surface area (Å²) in [6, 6.07) is 7.32. The van der Waals surface area contributed by atoms with E-state index < -0.39 is 35.3 Å². The van der Waals surface area contributed by atoms with E-state index in [0.29, 0.717) is 33.1 Å². The average Bonchev–Trinajstić information content (AvgIpc) is 3.09. The Morgan fingerprint density at radius 1 is 1.24 bits per heavy atom. The van der Waals surface area contributed by atoms with Gasteiger partial charge in [-0.2, -0.15) is 18.3 Å². The zero-order valence-electron chi connectivity index (χ0n) is 17.1. The van der Waals surface area contributed by atoms with Crippen LogP contribution in [0, 0.1) is 5.82 Å². The number of fused-ring (bicyclic) bond motifs is 1. The van der Waals surface area contributed by atoms with E-state index in [4.69, 9.17) is 0 Å². The van der Waals surface area contributed by atoms with Gasteiger partial charge in [0.2, 0.25) is 11.8 Å². The summed E-state index contributed by atoms with van der Waals surface area (Å²) < 4.78 is 54.1. The molecule has 0 bridgehead atoms. The number of allylic oxidation sites excluding steroid dienone is 1. The van der Waals surface area contributed by atoms with Crippen molar-refractivity contribution in [3.05, 3.63) is 69.2 Å². The Hall–Kier alpha value is -3.21. The Labute approximate surface area is 193 Å². The molecule has 1 aromatic heterocycles. The fraction of sp³-hybridized carbons (Fsp3) is 0.227. The first-order valence-corrected chi connectivity index (χ1v) is 10.6. The van der Waals surface area contributed by atoms with Crippen molar-refractivity contribution in [2.75, 3.05) is 5.32 Å². The molecular weight excluding hydrogens is 508 g/mol. The summed E-state index contributed by atoms with van der Waals surface area (Å²) in [6.07, 6.45) is -5.05. The fourth-order valence-electron chi connectivity index (χ4n) is 3.88. The quantitative estimate of drug-likeness (QED) is 0.400. The Bertz CT molecular complexity index is 1300. The Morgan fingerprint density at radius 2 is 2.00 bits per heavy atom. The van der Waals surface area contributed by atoms with Gasteiger partial charge in [0.1, 0.15) is 10.4 Å². The average molecular weight is 525 g/mol. The van der Waals surface area contributed by atoms with E-state index in [1.807, 2.05) is 0 Å². The summed E-state index contributed by atoms with van der Waals surface area (Å²) in [5, 5.41) is 13.0. The van der Waals surface area contributed by atoms with E-state index in [0.717, 1.165) is 17.5 Å². The second-order valence-electron chi connectivity index (χ2n) is 7.68. The minimum atomic E-state index is -4.69. The lowest BCUT2D eigenvalue weighted by atomic mass is 9.82. The highest BCUT2D eigenvalue weighted by Gasteiger charge is 2.34. The molecule has 1 unspecified atom stereocenters. The van der Waals surface area contributed by atoms with Gasteiger partial charge in [0.05, 0.1) is 17.5 Å². The molecule has 2 aromatic carbocycles. The van der Waals surface area contributed by atoms with E-state index in [2.05, 4.69) is 36.8 Å². The number of nitrogens with one attached hydrogen (secondary N) is 3. The molecular formula is C22H17BrF4N4O2. The number of hydrogen-bond acceptors (Lipinski definition) is 3. The van der Waals surface area contributed by atoms with Crippen LogP contribution in [-0.4, -0.2) is 22.0 Å². The first-order chi connectivity index (χ1) is 15.5. The van der Waals surface area contributed by atoms with Crippen LogP contribution in [0.2, 0.25) is 0 Å². The normalized spacial score (nSPS) is 16.8. The summed E-state index contributed by atoms with van der Waals surface area (Å²) in [5.74, 6) is -2.77. The number of rotatable bonds is 4. The Morgan fingerprint density at radius 3 is 2.70 bits per heavy atom. The number of alkyl halides is 3. The lowest BCUT2D eigenvalue weighted by molar-refractivity contribution is -0.137. The van der Waals surface area contributed by atoms with Gasteiger partial charge in [-0.05, 0) is 64.3 Å². The minimum absolute atomic E-state index is 0.0660. The maximum absolute atomic E-state index is 14.7. The summed E-state index contributed by atoms with van der Waals surface area (Å²) >= 11 is 3.33. The van der Waals surface area contributed by atoms with Crippen molar-refractivity contribution in [3.8, 4) is 0 Å². The minimum Gasteiger partial charge on any atom is -0.330 e. The molecule has 0 aliphatic carbocycles. The van der Waals surface area contributed by atoms with Gasteiger partial charge in [-0.15, -0.1) is 0 Å². The first kappa shape index (κ1) is 23.0. The predicted octanol–water partition coefficient (Wildman–Crippen LogP) is 5.39. The van der Waals surface area contributed by atoms with Crippen molar-refractivity contribution in [3.63, 3.8) is 0 Å². The lowest BCUT2D eigenvalue weighted by Gasteiger charge is -2.28. The predicted molar refractivity (Wildman–Crippen MR) is 117 cm³/mol. The Balaban J connectivity index is 1.60. The lowest BCUT2D eigenvalue weighted by Crippen LogP contribution is -2.32. The zero-order valence-corrected chi connectivity index (χ0v) is 18.7. The van der Waals surface area contributed by atoms with E-state index in [9.17, 15) is 27.2 Å². The number of benzene rings is 2. The van der Waals surface area contributed by atoms with Crippen LogP contribution in [0.4, 0.5) is 23.2 Å². The zero-order chi connectivity index (χ0) is 23.9. The summed E-state index contributed by atoms with van der Waals surface area (Å²) in [6.45, 7) is 1.57. The number of aromatic nitrogens is 2. The van der Waals surface area contributed by atoms with Crippen molar-refractivity contribution in [1.29, 1.82) is 0 Å². The molecule has 2 amide bonds. The van der Waals surface area contributed by atoms with E-state index in [-0.39, 0.29) is 18.4 Å². The molecule has 0 saturated carbocycles. The van der Waals surface area contributed by atoms with Crippen molar-refractivity contribution >= 4 is 44.3 Å². The van der Waals surface area contributed by atoms with Gasteiger partial charge in [-0.1, -0.05) is 6.07 Å². The molecule has 1 aliphatic rings. The maximum Gasteiger partial charge on any atom is 0.416 e. The second-order valence-corrected chi connectivity index (χ2v) is 8.48. The molecule has 0 fully saturated rings. The highest BCUT2D eigenvalue weighted by Crippen LogP contribution is 2.38.